The van der Waals surface area contributed by atoms with Crippen LogP contribution >= 0.6 is 11.6 Å². The Morgan fingerprint density at radius 1 is 1.33 bits per heavy atom. The minimum absolute atomic E-state index is 0.179. The van der Waals surface area contributed by atoms with Crippen LogP contribution in [0.25, 0.3) is 0 Å². The number of amides is 2. The van der Waals surface area contributed by atoms with Gasteiger partial charge in [0.1, 0.15) is 6.04 Å². The van der Waals surface area contributed by atoms with E-state index in [9.17, 15) is 9.59 Å². The molecule has 1 aliphatic rings. The minimum atomic E-state index is -0.377. The van der Waals surface area contributed by atoms with E-state index in [-0.39, 0.29) is 23.6 Å². The summed E-state index contributed by atoms with van der Waals surface area (Å²) in [5.41, 5.74) is 1.74. The highest BCUT2D eigenvalue weighted by molar-refractivity contribution is 6.29. The van der Waals surface area contributed by atoms with Crippen LogP contribution in [-0.4, -0.2) is 46.9 Å². The zero-order valence-corrected chi connectivity index (χ0v) is 15.9. The van der Waals surface area contributed by atoms with Crippen molar-refractivity contribution in [1.29, 1.82) is 0 Å². The third-order valence-corrected chi connectivity index (χ3v) is 4.35. The SMILES string of the molecule is COCc1ccccc1.O=CN1CCCC1C(=O)NCc1nccnc1Cl. The van der Waals surface area contributed by atoms with Crippen LogP contribution in [0.1, 0.15) is 24.1 Å². The summed E-state index contributed by atoms with van der Waals surface area (Å²) in [6.45, 7) is 1.56. The fourth-order valence-corrected chi connectivity index (χ4v) is 2.87. The molecular weight excluding hydrogens is 368 g/mol. The second-order valence-electron chi connectivity index (χ2n) is 5.93. The van der Waals surface area contributed by atoms with Gasteiger partial charge in [-0.25, -0.2) is 4.98 Å². The van der Waals surface area contributed by atoms with Gasteiger partial charge in [-0.1, -0.05) is 41.9 Å². The largest absolute Gasteiger partial charge is 0.380 e. The van der Waals surface area contributed by atoms with Gasteiger partial charge in [-0.2, -0.15) is 0 Å². The molecule has 1 aromatic heterocycles. The predicted molar refractivity (Wildman–Crippen MR) is 102 cm³/mol. The lowest BCUT2D eigenvalue weighted by atomic mass is 10.2. The molecule has 2 amide bonds. The van der Waals surface area contributed by atoms with Crippen molar-refractivity contribution in [3.63, 3.8) is 0 Å². The number of aromatic nitrogens is 2. The zero-order chi connectivity index (χ0) is 19.5. The van der Waals surface area contributed by atoms with Crippen LogP contribution in [0, 0.1) is 0 Å². The second-order valence-corrected chi connectivity index (χ2v) is 6.29. The Hall–Kier alpha value is -2.51. The van der Waals surface area contributed by atoms with Crippen molar-refractivity contribution in [1.82, 2.24) is 20.2 Å². The van der Waals surface area contributed by atoms with E-state index in [1.54, 1.807) is 7.11 Å². The van der Waals surface area contributed by atoms with Crippen LogP contribution in [-0.2, 0) is 27.5 Å². The summed E-state index contributed by atoms with van der Waals surface area (Å²) in [6, 6.07) is 9.73. The molecular formula is C19H23ClN4O3. The van der Waals surface area contributed by atoms with Crippen LogP contribution < -0.4 is 5.32 Å². The normalized spacial score (nSPS) is 15.6. The number of halogens is 1. The van der Waals surface area contributed by atoms with Crippen molar-refractivity contribution in [2.45, 2.75) is 32.0 Å². The second kappa shape index (κ2) is 11.3. The molecule has 1 aromatic carbocycles. The Kier molecular flexibility index (Phi) is 8.67. The molecule has 144 valence electrons. The average Bonchev–Trinajstić information content (AvgIpc) is 3.18. The summed E-state index contributed by atoms with van der Waals surface area (Å²) in [5, 5.41) is 2.99. The van der Waals surface area contributed by atoms with Gasteiger partial charge in [-0.15, -0.1) is 0 Å². The van der Waals surface area contributed by atoms with Crippen molar-refractivity contribution in [2.24, 2.45) is 0 Å². The number of ether oxygens (including phenoxy) is 1. The lowest BCUT2D eigenvalue weighted by Gasteiger charge is -2.18. The molecule has 1 atom stereocenters. The van der Waals surface area contributed by atoms with Crippen molar-refractivity contribution >= 4 is 23.9 Å². The minimum Gasteiger partial charge on any atom is -0.380 e. The molecule has 8 heteroatoms. The highest BCUT2D eigenvalue weighted by Gasteiger charge is 2.29. The number of nitrogens with zero attached hydrogens (tertiary/aromatic N) is 3. The van der Waals surface area contributed by atoms with E-state index in [0.717, 1.165) is 6.42 Å². The summed E-state index contributed by atoms with van der Waals surface area (Å²) in [6.07, 6.45) is 5.26. The molecule has 1 N–H and O–H groups in total. The number of carbonyl (C=O) groups excluding carboxylic acids is 2. The van der Waals surface area contributed by atoms with Gasteiger partial charge in [0.25, 0.3) is 0 Å². The predicted octanol–water partition coefficient (Wildman–Crippen LogP) is 2.20. The molecule has 0 bridgehead atoms. The topological polar surface area (TPSA) is 84.4 Å². The number of nitrogens with one attached hydrogen (secondary N) is 1. The van der Waals surface area contributed by atoms with Crippen LogP contribution in [0.2, 0.25) is 5.15 Å². The lowest BCUT2D eigenvalue weighted by molar-refractivity contribution is -0.131. The number of carbonyl (C=O) groups is 2. The van der Waals surface area contributed by atoms with Crippen LogP contribution in [0.15, 0.2) is 42.7 Å². The maximum Gasteiger partial charge on any atom is 0.243 e. The van der Waals surface area contributed by atoms with Crippen molar-refractivity contribution in [3.8, 4) is 0 Å². The molecule has 3 rings (SSSR count). The van der Waals surface area contributed by atoms with E-state index in [0.29, 0.717) is 31.7 Å². The monoisotopic (exact) mass is 390 g/mol. The van der Waals surface area contributed by atoms with Gasteiger partial charge in [0.05, 0.1) is 18.8 Å². The third kappa shape index (κ3) is 6.62. The number of rotatable bonds is 6. The van der Waals surface area contributed by atoms with E-state index in [4.69, 9.17) is 16.3 Å². The smallest absolute Gasteiger partial charge is 0.243 e. The fourth-order valence-electron chi connectivity index (χ4n) is 2.69. The number of benzene rings is 1. The first kappa shape index (κ1) is 20.8. The quantitative estimate of drug-likeness (QED) is 0.764. The molecule has 0 aliphatic carbocycles. The van der Waals surface area contributed by atoms with E-state index in [1.165, 1.54) is 22.9 Å². The highest BCUT2D eigenvalue weighted by atomic mass is 35.5. The molecule has 1 fully saturated rings. The first-order valence-electron chi connectivity index (χ1n) is 8.62. The third-order valence-electron chi connectivity index (χ3n) is 4.04. The van der Waals surface area contributed by atoms with Gasteiger partial charge in [-0.05, 0) is 18.4 Å². The summed E-state index contributed by atoms with van der Waals surface area (Å²) in [7, 11) is 1.70. The molecule has 1 saturated heterocycles. The van der Waals surface area contributed by atoms with Crippen LogP contribution in [0.3, 0.4) is 0 Å². The number of hydrogen-bond donors (Lipinski definition) is 1. The van der Waals surface area contributed by atoms with Crippen LogP contribution in [0.4, 0.5) is 0 Å². The van der Waals surface area contributed by atoms with Gasteiger partial charge < -0.3 is 15.0 Å². The van der Waals surface area contributed by atoms with Crippen molar-refractivity contribution in [3.05, 3.63) is 59.1 Å². The molecule has 0 radical (unpaired) electrons. The number of hydrogen-bond acceptors (Lipinski definition) is 5. The maximum absolute atomic E-state index is 11.9. The standard InChI is InChI=1S/C11H13ClN4O2.C8H10O/c12-10-8(13-3-4-14-10)6-15-11(18)9-2-1-5-16(9)7-17;1-9-7-8-5-3-2-4-6-8/h3-4,7,9H,1-2,5-6H2,(H,15,18);2-6H,7H2,1H3. The summed E-state index contributed by atoms with van der Waals surface area (Å²) < 4.78 is 4.93. The molecule has 1 unspecified atom stereocenters. The van der Waals surface area contributed by atoms with E-state index in [1.807, 2.05) is 30.3 Å². The molecule has 0 spiro atoms. The average molecular weight is 391 g/mol. The molecule has 2 heterocycles. The van der Waals surface area contributed by atoms with Gasteiger partial charge >= 0.3 is 0 Å². The van der Waals surface area contributed by atoms with Gasteiger partial charge in [0, 0.05) is 26.0 Å². The van der Waals surface area contributed by atoms with Crippen molar-refractivity contribution in [2.75, 3.05) is 13.7 Å². The van der Waals surface area contributed by atoms with Crippen LogP contribution in [0.5, 0.6) is 0 Å². The number of likely N-dealkylation sites (tertiary alicyclic amines) is 1. The van der Waals surface area contributed by atoms with Crippen molar-refractivity contribution < 1.29 is 14.3 Å². The molecule has 0 saturated carbocycles. The van der Waals surface area contributed by atoms with Gasteiger partial charge in [-0.3, -0.25) is 14.6 Å². The first-order chi connectivity index (χ1) is 13.2. The van der Waals surface area contributed by atoms with E-state index >= 15 is 0 Å². The summed E-state index contributed by atoms with van der Waals surface area (Å²) >= 11 is 5.83. The molecule has 1 aliphatic heterocycles. The molecule has 2 aromatic rings. The Morgan fingerprint density at radius 2 is 2.07 bits per heavy atom. The highest BCUT2D eigenvalue weighted by Crippen LogP contribution is 2.15. The first-order valence-corrected chi connectivity index (χ1v) is 9.00. The summed E-state index contributed by atoms with van der Waals surface area (Å²) in [5.74, 6) is -0.179. The number of methoxy groups -OCH3 is 1. The van der Waals surface area contributed by atoms with Gasteiger partial charge in [0.15, 0.2) is 5.15 Å². The fraction of sp³-hybridized carbons (Fsp3) is 0.368. The van der Waals surface area contributed by atoms with E-state index < -0.39 is 0 Å². The maximum atomic E-state index is 11.9. The summed E-state index contributed by atoms with van der Waals surface area (Å²) in [4.78, 5) is 32.1. The van der Waals surface area contributed by atoms with Gasteiger partial charge in [0.2, 0.25) is 12.3 Å². The molecule has 27 heavy (non-hydrogen) atoms. The Labute approximate surface area is 163 Å². The van der Waals surface area contributed by atoms with E-state index in [2.05, 4.69) is 15.3 Å². The lowest BCUT2D eigenvalue weighted by Crippen LogP contribution is -2.42. The zero-order valence-electron chi connectivity index (χ0n) is 15.2. The molecule has 7 nitrogen and oxygen atoms in total. The Bertz CT molecular complexity index is 730. The Morgan fingerprint density at radius 3 is 2.74 bits per heavy atom. The Balaban J connectivity index is 0.000000244.